The molecular weight excluding hydrogens is 1480 g/mol. The van der Waals surface area contributed by atoms with E-state index in [4.69, 9.17) is 33.2 Å². The van der Waals surface area contributed by atoms with Crippen LogP contribution in [0, 0.1) is 0 Å². The van der Waals surface area contributed by atoms with Crippen LogP contribution in [0.4, 0.5) is 10.5 Å². The fraction of sp³-hybridized carbons (Fsp3) is 0.386. The lowest BCUT2D eigenvalue weighted by Gasteiger charge is -2.45. The van der Waals surface area contributed by atoms with Gasteiger partial charge in [0.1, 0.15) is 12.6 Å². The smallest absolute Gasteiger partial charge is 0.407 e. The van der Waals surface area contributed by atoms with Gasteiger partial charge in [0.15, 0.2) is 0 Å². The van der Waals surface area contributed by atoms with Crippen LogP contribution in [0.3, 0.4) is 0 Å². The van der Waals surface area contributed by atoms with E-state index in [-0.39, 0.29) is 76.0 Å². The number of aliphatic hydroxyl groups is 4. The van der Waals surface area contributed by atoms with Crippen molar-refractivity contribution in [2.45, 2.75) is 125 Å². The number of carbonyl (C=O) groups excluding carboxylic acids is 9. The van der Waals surface area contributed by atoms with Gasteiger partial charge in [-0.05, 0) is 117 Å². The van der Waals surface area contributed by atoms with Crippen LogP contribution in [0.2, 0.25) is 0 Å². The highest BCUT2D eigenvalue weighted by Gasteiger charge is 2.56. The molecule has 2 aliphatic heterocycles. The second-order valence-electron chi connectivity index (χ2n) is 27.3. The van der Waals surface area contributed by atoms with Crippen LogP contribution in [-0.4, -0.2) is 217 Å². The van der Waals surface area contributed by atoms with E-state index in [0.29, 0.717) is 40.5 Å². The minimum Gasteiger partial charge on any atom is -0.465 e. The second-order valence-corrected chi connectivity index (χ2v) is 29.7. The molecule has 7 aromatic rings. The fourth-order valence-corrected chi connectivity index (χ4v) is 15.4. The van der Waals surface area contributed by atoms with Crippen LogP contribution in [0.25, 0.3) is 33.4 Å². The van der Waals surface area contributed by atoms with Crippen LogP contribution >= 0.6 is 23.5 Å². The third-order valence-electron chi connectivity index (χ3n) is 19.2. The number of alkyl carbamates (subject to hydrolysis) is 1. The molecule has 0 spiro atoms. The predicted molar refractivity (Wildman–Crippen MR) is 421 cm³/mol. The Morgan fingerprint density at radius 1 is 0.509 bits per heavy atom. The van der Waals surface area contributed by atoms with E-state index < -0.39 is 133 Å². The van der Waals surface area contributed by atoms with Gasteiger partial charge in [0, 0.05) is 99.0 Å². The van der Waals surface area contributed by atoms with Crippen LogP contribution in [0.15, 0.2) is 182 Å². The summed E-state index contributed by atoms with van der Waals surface area (Å²) in [4.78, 5) is 120. The van der Waals surface area contributed by atoms with Crippen molar-refractivity contribution in [3.05, 3.63) is 210 Å². The maximum atomic E-state index is 14.2. The first-order valence-corrected chi connectivity index (χ1v) is 39.3. The second kappa shape index (κ2) is 40.9. The highest BCUT2D eigenvalue weighted by atomic mass is 32.2. The monoisotopic (exact) mass is 1570 g/mol. The molecule has 11 N–H and O–H groups in total. The molecule has 2 saturated heterocycles. The number of thioether (sulfide) groups is 2. The lowest BCUT2D eigenvalue weighted by atomic mass is 9.90. The molecule has 2 fully saturated rings. The van der Waals surface area contributed by atoms with E-state index in [9.17, 15) is 63.6 Å². The standard InChI is InChI=1S/C83H95N7O20S2/c1-51(91)87-73-69(95)45-82(79(101)104-3,109-71(73)43-61(93)47-85-76(98)57-29-25-55(26-30-57)53-17-7-5-8-18-53)107-38-15-40-111-42-37-84-75(97)59-33-35-60(36-34-59)89-78(100)68(90-81(103)106-49-67-65-23-13-11-21-63(65)64-22-12-14-24-66(64)67)50-112-41-16-39-108-83(80(102)105-4)46-70(96)74(88-52(2)92)72(110-83)44-62(94)48-86-77(99)58-31-27-56(28-32-58)54-19-9-6-10-20-54/h5-14,17-36,61-62,67-74,93-96H,15-16,37-50H2,1-4H3,(H,84,97)(H,85,98)(H,86,99)(H,87,91)(H,88,92)(H,89,100)(H,90,103). The minimum atomic E-state index is -2.20. The first-order chi connectivity index (χ1) is 54.1. The Balaban J connectivity index is 0.693. The molecule has 7 aromatic carbocycles. The van der Waals surface area contributed by atoms with E-state index in [1.54, 1.807) is 36.4 Å². The predicted octanol–water partition coefficient (Wildman–Crippen LogP) is 7.29. The lowest BCUT2D eigenvalue weighted by Crippen LogP contribution is -2.64. The maximum Gasteiger partial charge on any atom is 0.407 e. The Hall–Kier alpha value is -10.1. The molecule has 29 heteroatoms. The topological polar surface area (TPSA) is 383 Å². The summed E-state index contributed by atoms with van der Waals surface area (Å²) >= 11 is 2.76. The molecule has 11 atom stereocenters. The summed E-state index contributed by atoms with van der Waals surface area (Å²) < 4.78 is 40.8. The number of hydrogen-bond acceptors (Lipinski definition) is 22. The molecule has 11 unspecified atom stereocenters. The van der Waals surface area contributed by atoms with Crippen molar-refractivity contribution >= 4 is 82.7 Å². The van der Waals surface area contributed by atoms with Gasteiger partial charge in [-0.15, -0.1) is 0 Å². The van der Waals surface area contributed by atoms with Gasteiger partial charge in [-0.3, -0.25) is 28.8 Å². The number of amides is 7. The number of hydrogen-bond donors (Lipinski definition) is 11. The largest absolute Gasteiger partial charge is 0.465 e. The number of benzene rings is 7. The molecule has 0 aromatic heterocycles. The van der Waals surface area contributed by atoms with E-state index in [1.165, 1.54) is 49.5 Å². The van der Waals surface area contributed by atoms with Crippen molar-refractivity contribution in [2.75, 3.05) is 82.0 Å². The SMILES string of the molecule is COC(=O)C1(OCCCSCCNC(=O)c2ccc(NC(=O)C(CSCCCOC3(C(=O)OC)CC(O)C(NC(C)=O)C(CC(O)CNC(=O)c4ccc(-c5ccccc5)cc4)O3)NC(=O)OCC3c4ccccc4-c4ccccc43)cc2)CC(O)C(NC(C)=O)C(CC(O)CNC(=O)c2ccc(-c3ccccc3)cc2)O1. The van der Waals surface area contributed by atoms with E-state index in [1.807, 2.05) is 133 Å². The average molecular weight is 1570 g/mol. The van der Waals surface area contributed by atoms with E-state index in [0.717, 1.165) is 58.7 Å². The third-order valence-corrected chi connectivity index (χ3v) is 21.5. The van der Waals surface area contributed by atoms with Crippen molar-refractivity contribution in [3.63, 3.8) is 0 Å². The minimum absolute atomic E-state index is 0.0191. The summed E-state index contributed by atoms with van der Waals surface area (Å²) in [5.41, 5.74) is 9.14. The Morgan fingerprint density at radius 3 is 1.37 bits per heavy atom. The first kappa shape index (κ1) is 84.4. The molecule has 1 aliphatic carbocycles. The van der Waals surface area contributed by atoms with Gasteiger partial charge in [0.25, 0.3) is 29.3 Å². The number of anilines is 1. The number of methoxy groups -OCH3 is 2. The van der Waals surface area contributed by atoms with Gasteiger partial charge < -0.3 is 90.8 Å². The Kier molecular flexibility index (Phi) is 30.9. The number of carbonyl (C=O) groups is 9. The summed E-state index contributed by atoms with van der Waals surface area (Å²) in [7, 11) is 2.26. The molecule has 112 heavy (non-hydrogen) atoms. The quantitative estimate of drug-likeness (QED) is 0.0103. The fourth-order valence-electron chi connectivity index (χ4n) is 13.7. The number of aliphatic hydroxyl groups excluding tert-OH is 4. The molecule has 2 heterocycles. The van der Waals surface area contributed by atoms with Gasteiger partial charge in [-0.25, -0.2) is 14.4 Å². The first-order valence-electron chi connectivity index (χ1n) is 37.0. The molecule has 7 amide bonds. The van der Waals surface area contributed by atoms with Crippen molar-refractivity contribution in [2.24, 2.45) is 0 Å². The number of fused-ring (bicyclic) bond motifs is 3. The average Bonchev–Trinajstić information content (AvgIpc) is 1.69. The molecular formula is C83H95N7O20S2. The van der Waals surface area contributed by atoms with Crippen LogP contribution in [0.1, 0.15) is 100 Å². The molecule has 0 saturated carbocycles. The van der Waals surface area contributed by atoms with Crippen LogP contribution in [-0.2, 0) is 57.1 Å². The molecule has 594 valence electrons. The zero-order valence-corrected chi connectivity index (χ0v) is 64.2. The normalized spacial score (nSPS) is 20.5. The molecule has 3 aliphatic rings. The van der Waals surface area contributed by atoms with Gasteiger partial charge in [0.2, 0.25) is 17.7 Å². The number of nitrogens with one attached hydrogen (secondary N) is 7. The highest BCUT2D eigenvalue weighted by molar-refractivity contribution is 7.99. The van der Waals surface area contributed by atoms with Crippen molar-refractivity contribution in [1.29, 1.82) is 0 Å². The number of ether oxygens (including phenoxy) is 7. The summed E-state index contributed by atoms with van der Waals surface area (Å²) in [5, 5.41) is 64.6. The zero-order chi connectivity index (χ0) is 79.7. The number of esters is 2. The van der Waals surface area contributed by atoms with E-state index >= 15 is 0 Å². The zero-order valence-electron chi connectivity index (χ0n) is 62.5. The molecule has 27 nitrogen and oxygen atoms in total. The van der Waals surface area contributed by atoms with Crippen molar-refractivity contribution in [1.82, 2.24) is 31.9 Å². The Labute approximate surface area is 657 Å². The van der Waals surface area contributed by atoms with Gasteiger partial charge in [-0.2, -0.15) is 23.5 Å². The summed E-state index contributed by atoms with van der Waals surface area (Å²) in [6, 6.07) is 51.7. The van der Waals surface area contributed by atoms with Gasteiger partial charge >= 0.3 is 18.0 Å². The van der Waals surface area contributed by atoms with Crippen LogP contribution < -0.4 is 37.2 Å². The Bertz CT molecular complexity index is 4300. The van der Waals surface area contributed by atoms with E-state index in [2.05, 4.69) is 37.2 Å². The molecule has 10 rings (SSSR count). The van der Waals surface area contributed by atoms with Gasteiger partial charge in [0.05, 0.1) is 76.1 Å². The molecule has 0 radical (unpaired) electrons. The van der Waals surface area contributed by atoms with Crippen molar-refractivity contribution in [3.8, 4) is 33.4 Å². The van der Waals surface area contributed by atoms with Crippen LogP contribution in [0.5, 0.6) is 0 Å². The lowest BCUT2D eigenvalue weighted by molar-refractivity contribution is -0.299. The molecule has 0 bridgehead atoms. The number of rotatable bonds is 37. The van der Waals surface area contributed by atoms with Gasteiger partial charge in [-0.1, -0.05) is 133 Å². The summed E-state index contributed by atoms with van der Waals surface area (Å²) in [6.07, 6.45) is -9.32. The summed E-state index contributed by atoms with van der Waals surface area (Å²) in [6.45, 7) is 2.08. The van der Waals surface area contributed by atoms with Crippen molar-refractivity contribution < 1.29 is 96.7 Å². The summed E-state index contributed by atoms with van der Waals surface area (Å²) in [5.74, 6) is -8.10. The third kappa shape index (κ3) is 22.8. The Morgan fingerprint density at radius 2 is 0.920 bits per heavy atom. The maximum absolute atomic E-state index is 14.2. The highest BCUT2D eigenvalue weighted by Crippen LogP contribution is 2.45.